The molecule has 1 saturated heterocycles. The fourth-order valence-corrected chi connectivity index (χ4v) is 6.94. The number of hydrogen-bond acceptors (Lipinski definition) is 11. The lowest BCUT2D eigenvalue weighted by atomic mass is 10.1. The number of carbonyl (C=O) groups is 2. The third-order valence-electron chi connectivity index (χ3n) is 8.88. The summed E-state index contributed by atoms with van der Waals surface area (Å²) in [5, 5.41) is 8.97. The van der Waals surface area contributed by atoms with Gasteiger partial charge < -0.3 is 23.4 Å². The fraction of sp³-hybridized carbons (Fsp3) is 0.921. The summed E-state index contributed by atoms with van der Waals surface area (Å²) in [6.45, 7) is 4.52. The van der Waals surface area contributed by atoms with Gasteiger partial charge in [-0.1, -0.05) is 117 Å². The van der Waals surface area contributed by atoms with Gasteiger partial charge in [0.2, 0.25) is 0 Å². The smallest absolute Gasteiger partial charge is 0.455 e. The zero-order valence-electron chi connectivity index (χ0n) is 32.9. The molecular weight excluding hydrogens is 675 g/mol. The number of carbonyl (C=O) groups excluding carboxylic acids is 2. The molecule has 0 N–H and O–H groups in total. The maximum Gasteiger partial charge on any atom is 0.475 e. The second-order valence-electron chi connectivity index (χ2n) is 14.7. The van der Waals surface area contributed by atoms with Gasteiger partial charge in [-0.15, -0.1) is 0 Å². The predicted octanol–water partition coefficient (Wildman–Crippen LogP) is 8.80. The van der Waals surface area contributed by atoms with Crippen molar-refractivity contribution in [1.29, 1.82) is 5.26 Å². The normalized spacial score (nSPS) is 20.2. The molecule has 1 aliphatic heterocycles. The lowest BCUT2D eigenvalue weighted by molar-refractivity contribution is -0.870. The van der Waals surface area contributed by atoms with E-state index in [0.717, 1.165) is 38.5 Å². The van der Waals surface area contributed by atoms with E-state index in [4.69, 9.17) is 37.8 Å². The van der Waals surface area contributed by atoms with Crippen molar-refractivity contribution in [2.75, 3.05) is 54.6 Å². The molecule has 0 aromatic heterocycles. The SMILES string of the molecule is CCCCCCCCCCCC(=O)O[C@H]1[C@H](OC)O[C@H](COP(=O)(OCCC#N)OCC[N+](C)(C)C)[C@H]1OC(=O)CCCCCCCCCCC. The van der Waals surface area contributed by atoms with Crippen molar-refractivity contribution >= 4 is 19.8 Å². The number of rotatable bonds is 33. The monoisotopic (exact) mass is 747 g/mol. The molecule has 0 aromatic rings. The van der Waals surface area contributed by atoms with Crippen molar-refractivity contribution in [3.63, 3.8) is 0 Å². The van der Waals surface area contributed by atoms with E-state index in [-0.39, 0.29) is 39.1 Å². The molecule has 1 aliphatic rings. The Morgan fingerprint density at radius 1 is 0.686 bits per heavy atom. The summed E-state index contributed by atoms with van der Waals surface area (Å²) in [6, 6.07) is 1.95. The Bertz CT molecular complexity index is 1000. The van der Waals surface area contributed by atoms with Crippen molar-refractivity contribution in [2.45, 2.75) is 173 Å². The summed E-state index contributed by atoms with van der Waals surface area (Å²) in [7, 11) is 3.19. The summed E-state index contributed by atoms with van der Waals surface area (Å²) in [5.74, 6) is -0.870. The third-order valence-corrected chi connectivity index (χ3v) is 10.3. The summed E-state index contributed by atoms with van der Waals surface area (Å²) in [6.07, 6.45) is 16.5. The summed E-state index contributed by atoms with van der Waals surface area (Å²) in [5.41, 5.74) is 0. The molecule has 1 rings (SSSR count). The third kappa shape index (κ3) is 23.7. The zero-order chi connectivity index (χ0) is 37.8. The number of hydrogen-bond donors (Lipinski definition) is 0. The highest BCUT2D eigenvalue weighted by Crippen LogP contribution is 2.50. The van der Waals surface area contributed by atoms with E-state index in [9.17, 15) is 14.2 Å². The number of nitrogens with zero attached hydrogens (tertiary/aromatic N) is 2. The number of unbranched alkanes of at least 4 members (excludes halogenated alkanes) is 16. The van der Waals surface area contributed by atoms with Gasteiger partial charge in [0.25, 0.3) is 0 Å². The summed E-state index contributed by atoms with van der Waals surface area (Å²) in [4.78, 5) is 26.1. The molecule has 0 bridgehead atoms. The predicted molar refractivity (Wildman–Crippen MR) is 198 cm³/mol. The van der Waals surface area contributed by atoms with Gasteiger partial charge in [-0.3, -0.25) is 23.2 Å². The maximum absolute atomic E-state index is 13.6. The van der Waals surface area contributed by atoms with Gasteiger partial charge in [-0.2, -0.15) is 5.26 Å². The largest absolute Gasteiger partial charge is 0.475 e. The van der Waals surface area contributed by atoms with E-state index in [2.05, 4.69) is 13.8 Å². The van der Waals surface area contributed by atoms with Crippen LogP contribution in [-0.4, -0.2) is 95.6 Å². The molecule has 1 heterocycles. The van der Waals surface area contributed by atoms with Crippen molar-refractivity contribution < 1.29 is 51.2 Å². The van der Waals surface area contributed by atoms with E-state index < -0.39 is 44.4 Å². The van der Waals surface area contributed by atoms with Crippen LogP contribution in [0.3, 0.4) is 0 Å². The molecule has 0 amide bonds. The molecule has 0 saturated carbocycles. The van der Waals surface area contributed by atoms with Crippen molar-refractivity contribution in [1.82, 2.24) is 0 Å². The van der Waals surface area contributed by atoms with Crippen LogP contribution in [-0.2, 0) is 46.7 Å². The minimum atomic E-state index is -4.12. The summed E-state index contributed by atoms with van der Waals surface area (Å²) >= 11 is 0. The number of phosphoric ester groups is 1. The molecule has 1 fully saturated rings. The average Bonchev–Trinajstić information content (AvgIpc) is 3.40. The van der Waals surface area contributed by atoms with Crippen LogP contribution >= 0.6 is 7.82 Å². The Balaban J connectivity index is 2.88. The highest BCUT2D eigenvalue weighted by Gasteiger charge is 2.51. The number of quaternary nitrogens is 1. The van der Waals surface area contributed by atoms with Crippen molar-refractivity contribution in [3.8, 4) is 6.07 Å². The number of likely N-dealkylation sites (N-methyl/N-ethyl adjacent to an activating group) is 1. The number of methoxy groups -OCH3 is 1. The second-order valence-corrected chi connectivity index (χ2v) is 16.3. The van der Waals surface area contributed by atoms with Crippen LogP contribution in [0.2, 0.25) is 0 Å². The quantitative estimate of drug-likeness (QED) is 0.0275. The van der Waals surface area contributed by atoms with Crippen molar-refractivity contribution in [2.24, 2.45) is 0 Å². The van der Waals surface area contributed by atoms with Gasteiger partial charge in [0.05, 0.1) is 46.8 Å². The average molecular weight is 748 g/mol. The minimum Gasteiger partial charge on any atom is -0.455 e. The van der Waals surface area contributed by atoms with Crippen LogP contribution in [0, 0.1) is 11.3 Å². The first-order chi connectivity index (χ1) is 24.5. The Kier molecular flexibility index (Phi) is 26.8. The van der Waals surface area contributed by atoms with E-state index in [1.54, 1.807) is 0 Å². The first-order valence-corrected chi connectivity index (χ1v) is 21.2. The van der Waals surface area contributed by atoms with Gasteiger partial charge in [0.15, 0.2) is 18.5 Å². The number of phosphoric acid groups is 1. The lowest BCUT2D eigenvalue weighted by Gasteiger charge is -2.26. The fourth-order valence-electron chi connectivity index (χ4n) is 5.77. The van der Waals surface area contributed by atoms with Gasteiger partial charge in [0, 0.05) is 20.0 Å². The molecule has 298 valence electrons. The van der Waals surface area contributed by atoms with E-state index in [1.165, 1.54) is 71.3 Å². The molecule has 13 heteroatoms. The molecule has 12 nitrogen and oxygen atoms in total. The topological polar surface area (TPSA) is 140 Å². The number of esters is 2. The van der Waals surface area contributed by atoms with Gasteiger partial charge in [-0.05, 0) is 12.8 Å². The zero-order valence-corrected chi connectivity index (χ0v) is 33.8. The van der Waals surface area contributed by atoms with Gasteiger partial charge in [-0.25, -0.2) is 4.57 Å². The minimum absolute atomic E-state index is 0.00615. The molecule has 0 aromatic carbocycles. The van der Waals surface area contributed by atoms with Crippen LogP contribution in [0.5, 0.6) is 0 Å². The molecule has 0 spiro atoms. The van der Waals surface area contributed by atoms with E-state index in [1.807, 2.05) is 27.2 Å². The van der Waals surface area contributed by atoms with Crippen molar-refractivity contribution in [3.05, 3.63) is 0 Å². The summed E-state index contributed by atoms with van der Waals surface area (Å²) < 4.78 is 54.1. The Hall–Kier alpha value is -1.58. The van der Waals surface area contributed by atoms with E-state index in [0.29, 0.717) is 23.9 Å². The van der Waals surface area contributed by atoms with E-state index >= 15 is 0 Å². The molecule has 0 aliphatic carbocycles. The molecule has 51 heavy (non-hydrogen) atoms. The molecule has 0 radical (unpaired) electrons. The Morgan fingerprint density at radius 2 is 1.14 bits per heavy atom. The lowest BCUT2D eigenvalue weighted by Crippen LogP contribution is -2.42. The standard InChI is InChI=1S/C38H72N2O10P/c1-7-9-11-13-15-17-19-21-23-26-34(41)49-36-33(32-47-51(43,45-30-25-28-39)46-31-29-40(3,4)5)48-38(44-6)37(36)50-35(42)27-24-22-20-18-16-14-12-10-8-2/h33,36-38H,7-27,29-32H2,1-6H3/q+1/t33-,36-,37-,38-,51?/m1/s1. The maximum atomic E-state index is 13.6. The first-order valence-electron chi connectivity index (χ1n) is 19.8. The van der Waals surface area contributed by atoms with Crippen LogP contribution in [0.25, 0.3) is 0 Å². The highest BCUT2D eigenvalue weighted by atomic mass is 31.2. The number of ether oxygens (including phenoxy) is 4. The Morgan fingerprint density at radius 3 is 1.59 bits per heavy atom. The van der Waals surface area contributed by atoms with Crippen LogP contribution < -0.4 is 0 Å². The highest BCUT2D eigenvalue weighted by molar-refractivity contribution is 7.48. The Labute approximate surface area is 309 Å². The molecule has 1 unspecified atom stereocenters. The molecule has 5 atom stereocenters. The van der Waals surface area contributed by atoms with Gasteiger partial charge >= 0.3 is 19.8 Å². The second kappa shape index (κ2) is 28.9. The molecular formula is C38H72N2O10P+. The van der Waals surface area contributed by atoms with Gasteiger partial charge in [0.1, 0.15) is 19.3 Å². The van der Waals surface area contributed by atoms with Crippen LogP contribution in [0.15, 0.2) is 0 Å². The van der Waals surface area contributed by atoms with Crippen LogP contribution in [0.4, 0.5) is 0 Å². The first kappa shape index (κ1) is 47.4. The van der Waals surface area contributed by atoms with Crippen LogP contribution in [0.1, 0.15) is 149 Å². The number of nitriles is 1.